The van der Waals surface area contributed by atoms with Gasteiger partial charge in [-0.05, 0) is 44.0 Å². The number of nitrogens with one attached hydrogen (secondary N) is 1. The predicted octanol–water partition coefficient (Wildman–Crippen LogP) is 3.09. The van der Waals surface area contributed by atoms with Crippen molar-refractivity contribution in [2.24, 2.45) is 0 Å². The fraction of sp³-hybridized carbons (Fsp3) is 0.350. The van der Waals surface area contributed by atoms with E-state index in [2.05, 4.69) is 5.32 Å². The van der Waals surface area contributed by atoms with E-state index in [-0.39, 0.29) is 28.7 Å². The van der Waals surface area contributed by atoms with Crippen molar-refractivity contribution in [2.75, 3.05) is 6.54 Å². The minimum atomic E-state index is -3.60. The van der Waals surface area contributed by atoms with E-state index in [1.165, 1.54) is 34.6 Å². The molecule has 0 aliphatic carbocycles. The maximum Gasteiger partial charge on any atom is 0.274 e. The van der Waals surface area contributed by atoms with Gasteiger partial charge in [-0.1, -0.05) is 24.6 Å². The summed E-state index contributed by atoms with van der Waals surface area (Å²) in [4.78, 5) is 23.1. The van der Waals surface area contributed by atoms with Crippen LogP contribution < -0.4 is 5.32 Å². The molecule has 1 unspecified atom stereocenters. The summed E-state index contributed by atoms with van der Waals surface area (Å²) in [5.41, 5.74) is 0.614. The summed E-state index contributed by atoms with van der Waals surface area (Å²) in [5.74, 6) is -0.432. The maximum absolute atomic E-state index is 12.9. The zero-order chi connectivity index (χ0) is 21.0. The first-order valence-corrected chi connectivity index (χ1v) is 10.9. The van der Waals surface area contributed by atoms with Gasteiger partial charge in [0.1, 0.15) is 0 Å². The molecule has 1 atom stereocenters. The van der Waals surface area contributed by atoms with Crippen LogP contribution in [-0.2, 0) is 16.6 Å². The van der Waals surface area contributed by atoms with Crippen LogP contribution in [0.5, 0.6) is 0 Å². The molecular weight excluding hydrogens is 394 g/mol. The van der Waals surface area contributed by atoms with Crippen LogP contribution >= 0.6 is 0 Å². The van der Waals surface area contributed by atoms with E-state index < -0.39 is 20.9 Å². The minimum absolute atomic E-state index is 0.00132. The standard InChI is InChI=1S/C20H23N3O5S/c1-15-6-4-5-13-22(15)29(27,28)18-11-9-16(10-12-18)20(24)21-14-17-7-2-3-8-19(17)23(25)26/h2-3,7-12,15H,4-6,13-14H2,1H3,(H,21,24). The van der Waals surface area contributed by atoms with E-state index in [1.54, 1.807) is 18.2 Å². The third-order valence-electron chi connectivity index (χ3n) is 5.09. The Balaban J connectivity index is 1.70. The summed E-state index contributed by atoms with van der Waals surface area (Å²) in [6.07, 6.45) is 2.70. The smallest absolute Gasteiger partial charge is 0.274 e. The summed E-state index contributed by atoms with van der Waals surface area (Å²) in [5, 5.41) is 13.7. The Kier molecular flexibility index (Phi) is 6.29. The number of carbonyl (C=O) groups is 1. The molecule has 1 heterocycles. The van der Waals surface area contributed by atoms with Gasteiger partial charge in [-0.2, -0.15) is 4.31 Å². The highest BCUT2D eigenvalue weighted by molar-refractivity contribution is 7.89. The van der Waals surface area contributed by atoms with Crippen molar-refractivity contribution in [3.63, 3.8) is 0 Å². The van der Waals surface area contributed by atoms with Crippen LogP contribution in [0.4, 0.5) is 5.69 Å². The molecule has 1 aliphatic heterocycles. The molecular formula is C20H23N3O5S. The molecule has 8 nitrogen and oxygen atoms in total. The van der Waals surface area contributed by atoms with Crippen LogP contribution in [0.2, 0.25) is 0 Å². The van der Waals surface area contributed by atoms with Crippen LogP contribution in [0.1, 0.15) is 42.1 Å². The lowest BCUT2D eigenvalue weighted by molar-refractivity contribution is -0.385. The van der Waals surface area contributed by atoms with Gasteiger partial charge in [0, 0.05) is 36.3 Å². The van der Waals surface area contributed by atoms with Crippen molar-refractivity contribution < 1.29 is 18.1 Å². The highest BCUT2D eigenvalue weighted by Crippen LogP contribution is 2.25. The van der Waals surface area contributed by atoms with E-state index >= 15 is 0 Å². The fourth-order valence-corrected chi connectivity index (χ4v) is 5.16. The first kappa shape index (κ1) is 20.9. The summed E-state index contributed by atoms with van der Waals surface area (Å²) in [6, 6.07) is 11.9. The van der Waals surface area contributed by atoms with Crippen molar-refractivity contribution in [3.05, 3.63) is 69.8 Å². The van der Waals surface area contributed by atoms with Crippen LogP contribution in [0.15, 0.2) is 53.4 Å². The monoisotopic (exact) mass is 417 g/mol. The van der Waals surface area contributed by atoms with Gasteiger partial charge in [0.2, 0.25) is 10.0 Å². The molecule has 0 bridgehead atoms. The normalized spacial score (nSPS) is 17.6. The molecule has 0 radical (unpaired) electrons. The average molecular weight is 417 g/mol. The van der Waals surface area contributed by atoms with E-state index in [4.69, 9.17) is 0 Å². The lowest BCUT2D eigenvalue weighted by Gasteiger charge is -2.32. The SMILES string of the molecule is CC1CCCCN1S(=O)(=O)c1ccc(C(=O)NCc2ccccc2[N+](=O)[O-])cc1. The molecule has 0 spiro atoms. The number of para-hydroxylation sites is 1. The van der Waals surface area contributed by atoms with Crippen molar-refractivity contribution in [1.29, 1.82) is 0 Å². The lowest BCUT2D eigenvalue weighted by atomic mass is 10.1. The maximum atomic E-state index is 12.9. The quantitative estimate of drug-likeness (QED) is 0.574. The number of nitrogens with zero attached hydrogens (tertiary/aromatic N) is 2. The fourth-order valence-electron chi connectivity index (χ4n) is 3.46. The molecule has 154 valence electrons. The van der Waals surface area contributed by atoms with Crippen LogP contribution in [-0.4, -0.2) is 36.1 Å². The first-order chi connectivity index (χ1) is 13.8. The number of rotatable bonds is 6. The molecule has 1 fully saturated rings. The Bertz CT molecular complexity index is 1010. The summed E-state index contributed by atoms with van der Waals surface area (Å²) in [7, 11) is -3.60. The summed E-state index contributed by atoms with van der Waals surface area (Å²) >= 11 is 0. The zero-order valence-corrected chi connectivity index (χ0v) is 16.9. The second-order valence-corrected chi connectivity index (χ2v) is 8.94. The van der Waals surface area contributed by atoms with E-state index in [9.17, 15) is 23.3 Å². The number of amides is 1. The Morgan fingerprint density at radius 3 is 2.52 bits per heavy atom. The van der Waals surface area contributed by atoms with Gasteiger partial charge >= 0.3 is 0 Å². The van der Waals surface area contributed by atoms with Crippen molar-refractivity contribution >= 4 is 21.6 Å². The van der Waals surface area contributed by atoms with Crippen molar-refractivity contribution in [2.45, 2.75) is 43.7 Å². The molecule has 1 saturated heterocycles. The van der Waals surface area contributed by atoms with Gasteiger partial charge in [0.15, 0.2) is 0 Å². The molecule has 29 heavy (non-hydrogen) atoms. The van der Waals surface area contributed by atoms with E-state index in [0.29, 0.717) is 12.1 Å². The summed E-state index contributed by atoms with van der Waals surface area (Å²) in [6.45, 7) is 2.41. The van der Waals surface area contributed by atoms with Gasteiger partial charge in [0.05, 0.1) is 9.82 Å². The second kappa shape index (κ2) is 8.71. The van der Waals surface area contributed by atoms with Crippen LogP contribution in [0.25, 0.3) is 0 Å². The predicted molar refractivity (Wildman–Crippen MR) is 108 cm³/mol. The number of nitro groups is 1. The molecule has 2 aromatic carbocycles. The van der Waals surface area contributed by atoms with Gasteiger partial charge in [-0.25, -0.2) is 8.42 Å². The Morgan fingerprint density at radius 1 is 1.17 bits per heavy atom. The van der Waals surface area contributed by atoms with Gasteiger partial charge < -0.3 is 5.32 Å². The molecule has 0 aromatic heterocycles. The van der Waals surface area contributed by atoms with Crippen LogP contribution in [0.3, 0.4) is 0 Å². The minimum Gasteiger partial charge on any atom is -0.348 e. The Morgan fingerprint density at radius 2 is 1.86 bits per heavy atom. The highest BCUT2D eigenvalue weighted by atomic mass is 32.2. The number of hydrogen-bond donors (Lipinski definition) is 1. The number of piperidine rings is 1. The van der Waals surface area contributed by atoms with E-state index in [0.717, 1.165) is 19.3 Å². The average Bonchev–Trinajstić information content (AvgIpc) is 2.72. The van der Waals surface area contributed by atoms with Crippen molar-refractivity contribution in [1.82, 2.24) is 9.62 Å². The third-order valence-corrected chi connectivity index (χ3v) is 7.12. The Labute approximate surface area is 169 Å². The van der Waals surface area contributed by atoms with Gasteiger partial charge in [-0.3, -0.25) is 14.9 Å². The molecule has 1 amide bonds. The molecule has 0 saturated carbocycles. The highest BCUT2D eigenvalue weighted by Gasteiger charge is 2.30. The number of carbonyl (C=O) groups excluding carboxylic acids is 1. The third kappa shape index (κ3) is 4.63. The van der Waals surface area contributed by atoms with Crippen LogP contribution in [0, 0.1) is 10.1 Å². The topological polar surface area (TPSA) is 110 Å². The lowest BCUT2D eigenvalue weighted by Crippen LogP contribution is -2.41. The number of sulfonamides is 1. The molecule has 2 aromatic rings. The summed E-state index contributed by atoms with van der Waals surface area (Å²) < 4.78 is 27.2. The van der Waals surface area contributed by atoms with Gasteiger partial charge in [0.25, 0.3) is 11.6 Å². The molecule has 3 rings (SSSR count). The van der Waals surface area contributed by atoms with Gasteiger partial charge in [-0.15, -0.1) is 0 Å². The number of hydrogen-bond acceptors (Lipinski definition) is 5. The number of nitro benzene ring substituents is 1. The largest absolute Gasteiger partial charge is 0.348 e. The number of benzene rings is 2. The van der Waals surface area contributed by atoms with Crippen molar-refractivity contribution in [3.8, 4) is 0 Å². The first-order valence-electron chi connectivity index (χ1n) is 9.43. The molecule has 1 aliphatic rings. The Hall–Kier alpha value is -2.78. The molecule has 9 heteroatoms. The van der Waals surface area contributed by atoms with E-state index in [1.807, 2.05) is 6.92 Å². The molecule has 1 N–H and O–H groups in total. The second-order valence-electron chi connectivity index (χ2n) is 7.05. The zero-order valence-electron chi connectivity index (χ0n) is 16.1.